The van der Waals surface area contributed by atoms with Gasteiger partial charge in [0.05, 0.1) is 36.2 Å². The number of carbonyl (C=O) groups is 2. The number of nitrogens with zero attached hydrogens (tertiary/aromatic N) is 1. The van der Waals surface area contributed by atoms with Crippen LogP contribution in [0, 0.1) is 0 Å². The lowest BCUT2D eigenvalue weighted by atomic mass is 10.1. The van der Waals surface area contributed by atoms with Crippen molar-refractivity contribution in [3.8, 4) is 11.4 Å². The summed E-state index contributed by atoms with van der Waals surface area (Å²) in [5, 5.41) is 0.364. The smallest absolute Gasteiger partial charge is 0.337 e. The topological polar surface area (TPSA) is 98.3 Å². The molecule has 25 heavy (non-hydrogen) atoms. The van der Waals surface area contributed by atoms with Gasteiger partial charge in [0.1, 0.15) is 5.82 Å². The van der Waals surface area contributed by atoms with Gasteiger partial charge in [0, 0.05) is 5.56 Å². The van der Waals surface area contributed by atoms with E-state index in [9.17, 15) is 14.4 Å². The van der Waals surface area contributed by atoms with Crippen molar-refractivity contribution in [1.82, 2.24) is 9.97 Å². The molecule has 0 saturated heterocycles. The Labute approximate surface area is 142 Å². The molecule has 0 amide bonds. The molecule has 1 aromatic heterocycles. The average Bonchev–Trinajstić information content (AvgIpc) is 2.66. The van der Waals surface area contributed by atoms with Gasteiger partial charge in [0.15, 0.2) is 0 Å². The average molecular weight is 338 g/mol. The second-order valence-corrected chi connectivity index (χ2v) is 5.21. The molecule has 1 heterocycles. The first-order chi connectivity index (χ1) is 12.0. The summed E-state index contributed by atoms with van der Waals surface area (Å²) in [6.45, 7) is 0. The Morgan fingerprint density at radius 2 is 1.52 bits per heavy atom. The van der Waals surface area contributed by atoms with Crippen LogP contribution in [-0.2, 0) is 9.47 Å². The van der Waals surface area contributed by atoms with Crippen LogP contribution in [0.25, 0.3) is 22.3 Å². The third kappa shape index (κ3) is 3.12. The number of hydrogen-bond acceptors (Lipinski definition) is 6. The maximum absolute atomic E-state index is 12.3. The lowest BCUT2D eigenvalue weighted by Crippen LogP contribution is -2.11. The number of aromatic nitrogens is 2. The van der Waals surface area contributed by atoms with Gasteiger partial charge in [0.2, 0.25) is 0 Å². The summed E-state index contributed by atoms with van der Waals surface area (Å²) in [6, 6.07) is 11.0. The standard InChI is InChI=1S/C18H14N2O5/c1-24-17(22)11-5-3-10(4-6-11)15-19-14-9-12(18(23)25-2)7-8-13(14)16(21)20-15/h3-9H,1-2H3,(H,19,20,21). The summed E-state index contributed by atoms with van der Waals surface area (Å²) in [5.74, 6) is -0.627. The zero-order chi connectivity index (χ0) is 18.0. The number of H-pyrrole nitrogens is 1. The first-order valence-electron chi connectivity index (χ1n) is 7.34. The fourth-order valence-corrected chi connectivity index (χ4v) is 2.40. The summed E-state index contributed by atoms with van der Waals surface area (Å²) < 4.78 is 9.33. The van der Waals surface area contributed by atoms with Crippen LogP contribution in [0.4, 0.5) is 0 Å². The van der Waals surface area contributed by atoms with Crippen molar-refractivity contribution in [3.63, 3.8) is 0 Å². The van der Waals surface area contributed by atoms with Gasteiger partial charge >= 0.3 is 11.9 Å². The van der Waals surface area contributed by atoms with Gasteiger partial charge in [-0.2, -0.15) is 0 Å². The molecule has 0 aliphatic carbocycles. The predicted molar refractivity (Wildman–Crippen MR) is 90.5 cm³/mol. The van der Waals surface area contributed by atoms with E-state index in [2.05, 4.69) is 19.4 Å². The van der Waals surface area contributed by atoms with E-state index in [1.54, 1.807) is 24.3 Å². The SMILES string of the molecule is COC(=O)c1ccc(-c2nc3cc(C(=O)OC)ccc3c(=O)[nH]2)cc1. The zero-order valence-electron chi connectivity index (χ0n) is 13.5. The Morgan fingerprint density at radius 3 is 2.16 bits per heavy atom. The van der Waals surface area contributed by atoms with E-state index in [0.29, 0.717) is 33.4 Å². The molecule has 0 radical (unpaired) electrons. The minimum absolute atomic E-state index is 0.306. The number of nitrogens with one attached hydrogen (secondary N) is 1. The maximum atomic E-state index is 12.3. The third-order valence-electron chi connectivity index (χ3n) is 3.71. The molecule has 3 rings (SSSR count). The lowest BCUT2D eigenvalue weighted by molar-refractivity contribution is 0.0592. The molecule has 126 valence electrons. The summed E-state index contributed by atoms with van der Waals surface area (Å²) in [5.41, 5.74) is 1.37. The van der Waals surface area contributed by atoms with Gasteiger partial charge in [0.25, 0.3) is 5.56 Å². The molecule has 0 bridgehead atoms. The van der Waals surface area contributed by atoms with E-state index in [-0.39, 0.29) is 5.56 Å². The Balaban J connectivity index is 2.08. The van der Waals surface area contributed by atoms with Crippen molar-refractivity contribution in [2.75, 3.05) is 14.2 Å². The fraction of sp³-hybridized carbons (Fsp3) is 0.111. The summed E-state index contributed by atoms with van der Waals surface area (Å²) in [4.78, 5) is 42.5. The highest BCUT2D eigenvalue weighted by Crippen LogP contribution is 2.18. The quantitative estimate of drug-likeness (QED) is 0.735. The molecule has 0 aliphatic rings. The third-order valence-corrected chi connectivity index (χ3v) is 3.71. The number of aromatic amines is 1. The zero-order valence-corrected chi connectivity index (χ0v) is 13.5. The molecule has 0 atom stereocenters. The number of benzene rings is 2. The lowest BCUT2D eigenvalue weighted by Gasteiger charge is -2.06. The van der Waals surface area contributed by atoms with Crippen LogP contribution in [0.1, 0.15) is 20.7 Å². The minimum Gasteiger partial charge on any atom is -0.465 e. The Kier molecular flexibility index (Phi) is 4.30. The van der Waals surface area contributed by atoms with E-state index < -0.39 is 11.9 Å². The molecule has 7 nitrogen and oxygen atoms in total. The number of fused-ring (bicyclic) bond motifs is 1. The minimum atomic E-state index is -0.507. The molecule has 0 fully saturated rings. The van der Waals surface area contributed by atoms with Crippen molar-refractivity contribution >= 4 is 22.8 Å². The number of carbonyl (C=O) groups excluding carboxylic acids is 2. The number of ether oxygens (including phenoxy) is 2. The van der Waals surface area contributed by atoms with E-state index in [0.717, 1.165) is 0 Å². The van der Waals surface area contributed by atoms with Crippen LogP contribution in [0.3, 0.4) is 0 Å². The molecule has 0 unspecified atom stereocenters. The number of esters is 2. The highest BCUT2D eigenvalue weighted by molar-refractivity contribution is 5.94. The monoisotopic (exact) mass is 338 g/mol. The van der Waals surface area contributed by atoms with Crippen LogP contribution in [0.5, 0.6) is 0 Å². The van der Waals surface area contributed by atoms with Crippen LogP contribution >= 0.6 is 0 Å². The van der Waals surface area contributed by atoms with Crippen LogP contribution in [0.2, 0.25) is 0 Å². The molecular weight excluding hydrogens is 324 g/mol. The van der Waals surface area contributed by atoms with Crippen molar-refractivity contribution < 1.29 is 19.1 Å². The van der Waals surface area contributed by atoms with Gasteiger partial charge in [-0.1, -0.05) is 12.1 Å². The van der Waals surface area contributed by atoms with Gasteiger partial charge in [-0.15, -0.1) is 0 Å². The molecule has 0 saturated carbocycles. The van der Waals surface area contributed by atoms with E-state index in [1.165, 1.54) is 32.4 Å². The van der Waals surface area contributed by atoms with Gasteiger partial charge in [-0.3, -0.25) is 4.79 Å². The second kappa shape index (κ2) is 6.56. The molecule has 0 spiro atoms. The Bertz CT molecular complexity index is 1020. The first-order valence-corrected chi connectivity index (χ1v) is 7.34. The van der Waals surface area contributed by atoms with Gasteiger partial charge < -0.3 is 14.5 Å². The van der Waals surface area contributed by atoms with Crippen molar-refractivity contribution in [3.05, 3.63) is 63.9 Å². The Morgan fingerprint density at radius 1 is 0.920 bits per heavy atom. The van der Waals surface area contributed by atoms with Crippen LogP contribution in [0.15, 0.2) is 47.3 Å². The molecule has 7 heteroatoms. The summed E-state index contributed by atoms with van der Waals surface area (Å²) in [6.07, 6.45) is 0. The molecular formula is C18H14N2O5. The van der Waals surface area contributed by atoms with Gasteiger partial charge in [-0.05, 0) is 30.3 Å². The van der Waals surface area contributed by atoms with E-state index in [4.69, 9.17) is 0 Å². The molecule has 1 N–H and O–H groups in total. The number of methoxy groups -OCH3 is 2. The predicted octanol–water partition coefficient (Wildman–Crippen LogP) is 2.16. The van der Waals surface area contributed by atoms with Crippen molar-refractivity contribution in [2.24, 2.45) is 0 Å². The normalized spacial score (nSPS) is 10.5. The van der Waals surface area contributed by atoms with Crippen molar-refractivity contribution in [2.45, 2.75) is 0 Å². The highest BCUT2D eigenvalue weighted by Gasteiger charge is 2.11. The van der Waals surface area contributed by atoms with E-state index in [1.807, 2.05) is 0 Å². The molecule has 2 aromatic carbocycles. The summed E-state index contributed by atoms with van der Waals surface area (Å²) in [7, 11) is 2.59. The maximum Gasteiger partial charge on any atom is 0.337 e. The van der Waals surface area contributed by atoms with Crippen LogP contribution < -0.4 is 5.56 Å². The first kappa shape index (κ1) is 16.4. The van der Waals surface area contributed by atoms with Crippen LogP contribution in [-0.4, -0.2) is 36.1 Å². The fourth-order valence-electron chi connectivity index (χ4n) is 2.40. The largest absolute Gasteiger partial charge is 0.465 e. The second-order valence-electron chi connectivity index (χ2n) is 5.21. The molecule has 0 aliphatic heterocycles. The summed E-state index contributed by atoms with van der Waals surface area (Å²) >= 11 is 0. The van der Waals surface area contributed by atoms with Gasteiger partial charge in [-0.25, -0.2) is 14.6 Å². The number of hydrogen-bond donors (Lipinski definition) is 1. The number of rotatable bonds is 3. The molecule has 3 aromatic rings. The van der Waals surface area contributed by atoms with Crippen molar-refractivity contribution in [1.29, 1.82) is 0 Å². The van der Waals surface area contributed by atoms with E-state index >= 15 is 0 Å². The Hall–Kier alpha value is -3.48. The highest BCUT2D eigenvalue weighted by atomic mass is 16.5.